The second-order valence-corrected chi connectivity index (χ2v) is 5.17. The van der Waals surface area contributed by atoms with Crippen molar-refractivity contribution in [1.29, 1.82) is 5.26 Å². The van der Waals surface area contributed by atoms with Crippen LogP contribution in [0, 0.1) is 11.3 Å². The Morgan fingerprint density at radius 3 is 2.87 bits per heavy atom. The van der Waals surface area contributed by atoms with E-state index in [4.69, 9.17) is 10.4 Å². The molecule has 0 unspecified atom stereocenters. The number of nitriles is 1. The quantitative estimate of drug-likeness (QED) is 0.801. The topological polar surface area (TPSA) is 107 Å². The highest BCUT2D eigenvalue weighted by Crippen LogP contribution is 2.23. The van der Waals surface area contributed by atoms with Crippen molar-refractivity contribution < 1.29 is 18.3 Å². The number of carboxylic acids is 1. The van der Waals surface area contributed by atoms with Gasteiger partial charge in [0.15, 0.2) is 5.75 Å². The van der Waals surface area contributed by atoms with E-state index >= 15 is 0 Å². The molecule has 8 heteroatoms. The van der Waals surface area contributed by atoms with Crippen LogP contribution in [-0.4, -0.2) is 25.2 Å². The maximum atomic E-state index is 11.2. The summed E-state index contributed by atoms with van der Waals surface area (Å²) in [6, 6.07) is 3.24. The summed E-state index contributed by atoms with van der Waals surface area (Å²) in [5, 5.41) is 18.6. The van der Waals surface area contributed by atoms with Gasteiger partial charge in [0.1, 0.15) is 11.1 Å². The number of hydrogen-bond donors (Lipinski definition) is 2. The van der Waals surface area contributed by atoms with Gasteiger partial charge in [0.25, 0.3) is 0 Å². The van der Waals surface area contributed by atoms with E-state index < -0.39 is 21.7 Å². The molecule has 0 fully saturated rings. The largest absolute Gasteiger partial charge is 0.480 e. The molecule has 1 aromatic rings. The van der Waals surface area contributed by atoms with Crippen LogP contribution in [0.15, 0.2) is 11.4 Å². The minimum atomic E-state index is -3.93. The summed E-state index contributed by atoms with van der Waals surface area (Å²) < 4.78 is 24.4. The molecule has 0 aliphatic rings. The van der Waals surface area contributed by atoms with Gasteiger partial charge < -0.3 is 5.11 Å². The molecule has 2 N–H and O–H groups in total. The van der Waals surface area contributed by atoms with E-state index in [2.05, 4.69) is 0 Å². The summed E-state index contributed by atoms with van der Waals surface area (Å²) in [6.07, 6.45) is 0. The molecule has 0 saturated carbocycles. The smallest absolute Gasteiger partial charge is 0.320 e. The molecule has 1 aromatic heterocycles. The third kappa shape index (κ3) is 3.23. The predicted octanol–water partition coefficient (Wildman–Crippen LogP) is 0.446. The maximum absolute atomic E-state index is 11.2. The van der Waals surface area contributed by atoms with Crippen molar-refractivity contribution in [1.82, 2.24) is 0 Å². The van der Waals surface area contributed by atoms with Crippen LogP contribution in [0.5, 0.6) is 0 Å². The Kier molecular flexibility index (Phi) is 3.28. The van der Waals surface area contributed by atoms with Crippen LogP contribution in [0.3, 0.4) is 0 Å². The van der Waals surface area contributed by atoms with Gasteiger partial charge in [-0.15, -0.1) is 11.3 Å². The van der Waals surface area contributed by atoms with Gasteiger partial charge in [0.05, 0.1) is 5.56 Å². The third-order valence-electron chi connectivity index (χ3n) is 1.35. The molecule has 0 radical (unpaired) electrons. The molecule has 6 nitrogen and oxygen atoms in total. The minimum absolute atomic E-state index is 0.138. The normalized spacial score (nSPS) is 10.6. The summed E-state index contributed by atoms with van der Waals surface area (Å²) in [4.78, 5) is 10.2. The van der Waals surface area contributed by atoms with Crippen LogP contribution in [0.2, 0.25) is 0 Å². The zero-order chi connectivity index (χ0) is 11.5. The van der Waals surface area contributed by atoms with Crippen LogP contribution in [0.25, 0.3) is 0 Å². The lowest BCUT2D eigenvalue weighted by Crippen LogP contribution is -2.22. The van der Waals surface area contributed by atoms with E-state index in [9.17, 15) is 13.2 Å². The highest BCUT2D eigenvalue weighted by Gasteiger charge is 2.17. The van der Waals surface area contributed by atoms with Gasteiger partial charge in [-0.2, -0.15) is 5.26 Å². The lowest BCUT2D eigenvalue weighted by Gasteiger charge is -2.02. The van der Waals surface area contributed by atoms with Crippen molar-refractivity contribution in [3.8, 4) is 6.07 Å². The van der Waals surface area contributed by atoms with Crippen LogP contribution in [0.1, 0.15) is 5.56 Å². The van der Waals surface area contributed by atoms with E-state index in [-0.39, 0.29) is 10.6 Å². The van der Waals surface area contributed by atoms with Crippen molar-refractivity contribution in [2.45, 2.75) is 0 Å². The Bertz CT molecular complexity index is 511. The van der Waals surface area contributed by atoms with Crippen molar-refractivity contribution in [3.05, 3.63) is 17.0 Å². The molecule has 0 amide bonds. The highest BCUT2D eigenvalue weighted by molar-refractivity contribution is 7.93. The first-order valence-corrected chi connectivity index (χ1v) is 6.17. The summed E-state index contributed by atoms with van der Waals surface area (Å²) in [6.45, 7) is 0. The van der Waals surface area contributed by atoms with Crippen molar-refractivity contribution in [2.75, 3.05) is 10.5 Å². The Balaban J connectivity index is 2.88. The fourth-order valence-electron chi connectivity index (χ4n) is 0.816. The Morgan fingerprint density at radius 1 is 1.67 bits per heavy atom. The van der Waals surface area contributed by atoms with Crippen LogP contribution >= 0.6 is 11.3 Å². The van der Waals surface area contributed by atoms with Crippen molar-refractivity contribution in [2.24, 2.45) is 0 Å². The average molecular weight is 246 g/mol. The summed E-state index contributed by atoms with van der Waals surface area (Å²) in [7, 11) is -3.93. The van der Waals surface area contributed by atoms with Crippen LogP contribution < -0.4 is 4.72 Å². The summed E-state index contributed by atoms with van der Waals surface area (Å²) >= 11 is 1.02. The first-order valence-electron chi connectivity index (χ1n) is 3.64. The van der Waals surface area contributed by atoms with Crippen molar-refractivity contribution >= 4 is 32.3 Å². The fourth-order valence-corrected chi connectivity index (χ4v) is 2.76. The minimum Gasteiger partial charge on any atom is -0.480 e. The third-order valence-corrected chi connectivity index (χ3v) is 3.45. The van der Waals surface area contributed by atoms with Crippen LogP contribution in [0.4, 0.5) is 5.00 Å². The van der Waals surface area contributed by atoms with Crippen molar-refractivity contribution in [3.63, 3.8) is 0 Å². The molecule has 0 spiro atoms. The Morgan fingerprint density at radius 2 is 2.33 bits per heavy atom. The van der Waals surface area contributed by atoms with E-state index in [0.717, 1.165) is 11.3 Å². The summed E-state index contributed by atoms with van der Waals surface area (Å²) in [5.41, 5.74) is 0.175. The zero-order valence-corrected chi connectivity index (χ0v) is 8.93. The van der Waals surface area contributed by atoms with Gasteiger partial charge in [-0.3, -0.25) is 9.52 Å². The number of thiophene rings is 1. The number of aliphatic carboxylic acids is 1. The maximum Gasteiger partial charge on any atom is 0.320 e. The molecule has 15 heavy (non-hydrogen) atoms. The van der Waals surface area contributed by atoms with E-state index in [1.54, 1.807) is 6.07 Å². The summed E-state index contributed by atoms with van der Waals surface area (Å²) in [5.74, 6) is -2.46. The van der Waals surface area contributed by atoms with Gasteiger partial charge in [-0.25, -0.2) is 8.42 Å². The van der Waals surface area contributed by atoms with Gasteiger partial charge in [-0.05, 0) is 11.4 Å². The molecular weight excluding hydrogens is 240 g/mol. The van der Waals surface area contributed by atoms with Gasteiger partial charge >= 0.3 is 5.97 Å². The number of rotatable bonds is 4. The second-order valence-electron chi connectivity index (χ2n) is 2.53. The molecule has 1 heterocycles. The molecule has 80 valence electrons. The molecule has 1 rings (SSSR count). The zero-order valence-electron chi connectivity index (χ0n) is 7.30. The second kappa shape index (κ2) is 4.29. The predicted molar refractivity (Wildman–Crippen MR) is 54.1 cm³/mol. The van der Waals surface area contributed by atoms with E-state index in [0.29, 0.717) is 0 Å². The number of carboxylic acid groups (broad SMARTS) is 1. The van der Waals surface area contributed by atoms with Gasteiger partial charge in [-0.1, -0.05) is 0 Å². The van der Waals surface area contributed by atoms with E-state index in [1.807, 2.05) is 4.72 Å². The number of nitrogens with one attached hydrogen (secondary N) is 1. The van der Waals surface area contributed by atoms with Crippen LogP contribution in [-0.2, 0) is 14.8 Å². The molecule has 0 saturated heterocycles. The molecule has 0 aromatic carbocycles. The Hall–Kier alpha value is -1.59. The lowest BCUT2D eigenvalue weighted by molar-refractivity contribution is -0.134. The molecule has 0 bridgehead atoms. The number of nitrogens with zero attached hydrogens (tertiary/aromatic N) is 1. The molecule has 0 atom stereocenters. The average Bonchev–Trinajstić information content (AvgIpc) is 2.48. The molecule has 0 aliphatic carbocycles. The number of carbonyl (C=O) groups is 1. The number of hydrogen-bond acceptors (Lipinski definition) is 5. The monoisotopic (exact) mass is 246 g/mol. The highest BCUT2D eigenvalue weighted by atomic mass is 32.2. The van der Waals surface area contributed by atoms with E-state index in [1.165, 1.54) is 11.4 Å². The number of sulfonamides is 1. The standard InChI is InChI=1S/C7H6N2O4S2/c8-3-5-1-2-14-7(5)9-15(12,13)4-6(10)11/h1-2,9H,4H2,(H,10,11). The first kappa shape index (κ1) is 11.5. The fraction of sp³-hybridized carbons (Fsp3) is 0.143. The molecule has 0 aliphatic heterocycles. The van der Waals surface area contributed by atoms with Gasteiger partial charge in [0, 0.05) is 0 Å². The Labute approximate surface area is 89.8 Å². The van der Waals surface area contributed by atoms with Gasteiger partial charge in [0.2, 0.25) is 10.0 Å². The molecular formula is C7H6N2O4S2. The lowest BCUT2D eigenvalue weighted by atomic mass is 10.4. The first-order chi connectivity index (χ1) is 6.94. The number of anilines is 1. The SMILES string of the molecule is N#Cc1ccsc1NS(=O)(=O)CC(=O)O.